The maximum Gasteiger partial charge on any atom is 0.264 e. The summed E-state index contributed by atoms with van der Waals surface area (Å²) in [6.07, 6.45) is 3.04. The van der Waals surface area contributed by atoms with Gasteiger partial charge in [-0.3, -0.25) is 14.3 Å². The number of benzene rings is 2. The molecule has 1 N–H and O–H groups in total. The number of anilines is 1. The lowest BCUT2D eigenvalue weighted by molar-refractivity contribution is -0.135. The highest BCUT2D eigenvalue weighted by Gasteiger charge is 2.43. The molecule has 1 heterocycles. The number of sulfone groups is 1. The molecule has 1 unspecified atom stereocenters. The minimum absolute atomic E-state index is 0.0713. The first-order valence-corrected chi connectivity index (χ1v) is 17.7. The third-order valence-electron chi connectivity index (χ3n) is 6.50. The van der Waals surface area contributed by atoms with Crippen molar-refractivity contribution in [3.8, 4) is 11.1 Å². The summed E-state index contributed by atoms with van der Waals surface area (Å²) in [5, 5.41) is 5.54. The molecule has 0 spiro atoms. The van der Waals surface area contributed by atoms with Crippen LogP contribution in [0, 0.1) is 0 Å². The number of rotatable bonds is 11. The number of nitrogens with one attached hydrogen (secondary N) is 1. The summed E-state index contributed by atoms with van der Waals surface area (Å²) in [4.78, 5) is 20.3. The van der Waals surface area contributed by atoms with E-state index in [9.17, 15) is 13.2 Å². The minimum atomic E-state index is -3.71. The Labute approximate surface area is 215 Å². The van der Waals surface area contributed by atoms with Crippen LogP contribution in [0.15, 0.2) is 48.7 Å². The predicted molar refractivity (Wildman–Crippen MR) is 150 cm³/mol. The molecule has 196 valence electrons. The van der Waals surface area contributed by atoms with Crippen LogP contribution >= 0.6 is 0 Å². The first-order chi connectivity index (χ1) is 16.7. The number of aromatic nitrogens is 2. The Morgan fingerprint density at radius 1 is 1.11 bits per heavy atom. The van der Waals surface area contributed by atoms with Crippen molar-refractivity contribution in [2.45, 2.75) is 50.3 Å². The molecule has 3 aromatic rings. The number of hydrogen-bond acceptors (Lipinski definition) is 6. The van der Waals surface area contributed by atoms with Crippen LogP contribution in [0.25, 0.3) is 22.0 Å². The molecule has 0 saturated carbocycles. The number of hydroxylamine groups is 1. The van der Waals surface area contributed by atoms with Gasteiger partial charge in [0.15, 0.2) is 14.6 Å². The summed E-state index contributed by atoms with van der Waals surface area (Å²) >= 11 is 0. The average Bonchev–Trinajstić information content (AvgIpc) is 3.21. The molecule has 0 aliphatic rings. The highest BCUT2D eigenvalue weighted by atomic mass is 32.2. The van der Waals surface area contributed by atoms with E-state index in [1.807, 2.05) is 32.4 Å². The van der Waals surface area contributed by atoms with Gasteiger partial charge in [-0.2, -0.15) is 5.10 Å². The lowest BCUT2D eigenvalue weighted by Gasteiger charge is -2.26. The first-order valence-electron chi connectivity index (χ1n) is 12.1. The number of fused-ring (bicyclic) bond motifs is 1. The molecule has 0 saturated heterocycles. The fourth-order valence-corrected chi connectivity index (χ4v) is 5.25. The predicted octanol–water partition coefficient (Wildman–Crippen LogP) is 4.35. The van der Waals surface area contributed by atoms with Crippen molar-refractivity contribution in [1.29, 1.82) is 0 Å². The van der Waals surface area contributed by atoms with Gasteiger partial charge in [-0.1, -0.05) is 37.8 Å². The summed E-state index contributed by atoms with van der Waals surface area (Å²) in [6.45, 7) is 8.70. The van der Waals surface area contributed by atoms with E-state index in [4.69, 9.17) is 4.84 Å². The van der Waals surface area contributed by atoms with Gasteiger partial charge >= 0.3 is 0 Å². The summed E-state index contributed by atoms with van der Waals surface area (Å²) in [5.74, 6) is -0.652. The van der Waals surface area contributed by atoms with Gasteiger partial charge in [0.25, 0.3) is 5.91 Å². The highest BCUT2D eigenvalue weighted by molar-refractivity contribution is 7.92. The molecule has 1 atom stereocenters. The number of carbonyl (C=O) groups excluding carboxylic acids is 1. The second kappa shape index (κ2) is 10.7. The van der Waals surface area contributed by atoms with E-state index in [2.05, 4.69) is 65.5 Å². The van der Waals surface area contributed by atoms with E-state index >= 15 is 0 Å². The molecule has 0 aliphatic carbocycles. The molecule has 0 fully saturated rings. The van der Waals surface area contributed by atoms with Gasteiger partial charge in [0, 0.05) is 52.2 Å². The Morgan fingerprint density at radius 2 is 1.75 bits per heavy atom. The lowest BCUT2D eigenvalue weighted by atomic mass is 10.0. The molecule has 1 amide bonds. The topological polar surface area (TPSA) is 93.5 Å². The van der Waals surface area contributed by atoms with Crippen LogP contribution in [0.3, 0.4) is 0 Å². The number of carbonyl (C=O) groups is 1. The molecule has 2 aromatic carbocycles. The molecule has 0 aliphatic heterocycles. The Hall–Kier alpha value is -2.69. The maximum absolute atomic E-state index is 12.9. The van der Waals surface area contributed by atoms with Gasteiger partial charge in [-0.05, 0) is 54.8 Å². The van der Waals surface area contributed by atoms with Crippen LogP contribution in [-0.2, 0) is 26.0 Å². The van der Waals surface area contributed by atoms with Gasteiger partial charge in [-0.25, -0.2) is 13.9 Å². The van der Waals surface area contributed by atoms with E-state index < -0.39 is 28.6 Å². The van der Waals surface area contributed by atoms with E-state index in [0.717, 1.165) is 40.0 Å². The zero-order valence-electron chi connectivity index (χ0n) is 22.3. The van der Waals surface area contributed by atoms with Gasteiger partial charge in [0.1, 0.15) is 0 Å². The monoisotopic (exact) mass is 530 g/mol. The Bertz CT molecular complexity index is 1310. The van der Waals surface area contributed by atoms with Crippen LogP contribution in [0.1, 0.15) is 13.3 Å². The molecule has 36 heavy (non-hydrogen) atoms. The molecule has 1 aromatic heterocycles. The molecular formula is C26H38N4O4SSi. The Balaban J connectivity index is 1.73. The van der Waals surface area contributed by atoms with Gasteiger partial charge in [0.2, 0.25) is 0 Å². The van der Waals surface area contributed by atoms with E-state index in [-0.39, 0.29) is 13.0 Å². The highest BCUT2D eigenvalue weighted by Crippen LogP contribution is 2.27. The number of hydrogen-bond donors (Lipinski definition) is 1. The van der Waals surface area contributed by atoms with Crippen molar-refractivity contribution in [2.75, 3.05) is 31.9 Å². The van der Waals surface area contributed by atoms with Gasteiger partial charge in [-0.15, -0.1) is 0 Å². The van der Waals surface area contributed by atoms with Gasteiger partial charge in [0.05, 0.1) is 12.1 Å². The zero-order valence-corrected chi connectivity index (χ0v) is 24.1. The largest absolute Gasteiger partial charge is 0.378 e. The van der Waals surface area contributed by atoms with Crippen LogP contribution in [0.2, 0.25) is 25.7 Å². The van der Waals surface area contributed by atoms with Crippen molar-refractivity contribution < 1.29 is 18.0 Å². The Morgan fingerprint density at radius 3 is 2.33 bits per heavy atom. The molecule has 8 nitrogen and oxygen atoms in total. The zero-order chi connectivity index (χ0) is 26.7. The summed E-state index contributed by atoms with van der Waals surface area (Å²) in [7, 11) is -1.02. The van der Waals surface area contributed by atoms with Crippen LogP contribution in [0.4, 0.5) is 5.69 Å². The molecule has 0 radical (unpaired) electrons. The van der Waals surface area contributed by atoms with Crippen LogP contribution < -0.4 is 10.4 Å². The molecule has 0 bridgehead atoms. The number of amides is 1. The van der Waals surface area contributed by atoms with Crippen molar-refractivity contribution >= 4 is 40.4 Å². The van der Waals surface area contributed by atoms with E-state index in [1.165, 1.54) is 6.92 Å². The average molecular weight is 531 g/mol. The summed E-state index contributed by atoms with van der Waals surface area (Å²) < 4.78 is 25.3. The van der Waals surface area contributed by atoms with Crippen molar-refractivity contribution in [2.24, 2.45) is 0 Å². The fraction of sp³-hybridized carbons (Fsp3) is 0.462. The normalized spacial score (nSPS) is 14.0. The number of nitrogens with zero attached hydrogens (tertiary/aromatic N) is 3. The lowest BCUT2D eigenvalue weighted by Crippen LogP contribution is -2.50. The quantitative estimate of drug-likeness (QED) is 0.225. The maximum atomic E-state index is 12.9. The molecule has 3 rings (SSSR count). The smallest absolute Gasteiger partial charge is 0.264 e. The minimum Gasteiger partial charge on any atom is -0.378 e. The van der Waals surface area contributed by atoms with Crippen LogP contribution in [0.5, 0.6) is 0 Å². The molecular weight excluding hydrogens is 492 g/mol. The fourth-order valence-electron chi connectivity index (χ4n) is 3.70. The number of aryl methyl sites for hydroxylation is 1. The summed E-state index contributed by atoms with van der Waals surface area (Å²) in [6, 6.07) is 15.2. The van der Waals surface area contributed by atoms with E-state index in [1.54, 1.807) is 4.68 Å². The third-order valence-corrected chi connectivity index (χ3v) is 10.2. The van der Waals surface area contributed by atoms with Crippen molar-refractivity contribution in [3.63, 3.8) is 0 Å². The summed E-state index contributed by atoms with van der Waals surface area (Å²) in [5.41, 5.74) is 6.49. The third kappa shape index (κ3) is 6.74. The van der Waals surface area contributed by atoms with Crippen molar-refractivity contribution in [1.82, 2.24) is 15.3 Å². The van der Waals surface area contributed by atoms with Crippen LogP contribution in [-0.4, -0.2) is 63.9 Å². The van der Waals surface area contributed by atoms with E-state index in [0.29, 0.717) is 6.61 Å². The Kier molecular flexibility index (Phi) is 8.32. The van der Waals surface area contributed by atoms with Crippen molar-refractivity contribution in [3.05, 3.63) is 48.7 Å². The standard InChI is InChI=1S/C26H38N4O4SSi/c1-26(35(4,32)33,25(31)28-34-16-17-36(5,6)7)14-15-30-19-22-18-21(10-13-24(22)27-30)20-8-11-23(12-9-20)29(2)3/h8-13,18-19H,14-17H2,1-7H3,(H,28,31). The van der Waals surface area contributed by atoms with Gasteiger partial charge < -0.3 is 4.90 Å². The SMILES string of the molecule is CN(C)c1ccc(-c2ccc3nn(CCC(C)(C(=O)NOCC[Si](C)(C)C)S(C)(=O)=O)cc3c2)cc1. The second-order valence-electron chi connectivity index (χ2n) is 11.0. The first kappa shape index (κ1) is 27.9. The molecule has 10 heteroatoms. The second-order valence-corrected chi connectivity index (χ2v) is 19.0.